The number of aromatic amines is 1. The molecule has 0 spiro atoms. The summed E-state index contributed by atoms with van der Waals surface area (Å²) in [7, 11) is 0. The standard InChI is InChI=1S/C15H20N4S/c16-15(19-7-9-20-10-8-19)17-6-5-12-11-18-14-4-2-1-3-13(12)14/h1-4,11,18H,5-10H2,(H2,16,17). The molecule has 0 atom stereocenters. The molecule has 3 rings (SSSR count). The normalized spacial score (nSPS) is 16.8. The Balaban J connectivity index is 1.61. The Hall–Kier alpha value is -1.62. The van der Waals surface area contributed by atoms with E-state index in [9.17, 15) is 0 Å². The van der Waals surface area contributed by atoms with Crippen LogP contribution in [-0.2, 0) is 6.42 Å². The number of benzene rings is 1. The minimum atomic E-state index is 0.699. The Labute approximate surface area is 123 Å². The minimum absolute atomic E-state index is 0.699. The molecule has 0 aliphatic carbocycles. The summed E-state index contributed by atoms with van der Waals surface area (Å²) in [5.74, 6) is 3.00. The molecule has 0 unspecified atom stereocenters. The van der Waals surface area contributed by atoms with Crippen LogP contribution in [0, 0.1) is 0 Å². The number of hydrogen-bond donors (Lipinski definition) is 2. The van der Waals surface area contributed by atoms with Crippen LogP contribution in [0.5, 0.6) is 0 Å². The highest BCUT2D eigenvalue weighted by atomic mass is 32.2. The first-order valence-electron chi connectivity index (χ1n) is 7.02. The second-order valence-corrected chi connectivity index (χ2v) is 6.17. The number of nitrogens with one attached hydrogen (secondary N) is 1. The zero-order valence-corrected chi connectivity index (χ0v) is 12.3. The van der Waals surface area contributed by atoms with Gasteiger partial charge in [-0.1, -0.05) is 18.2 Å². The Morgan fingerprint density at radius 3 is 2.95 bits per heavy atom. The minimum Gasteiger partial charge on any atom is -0.370 e. The number of thioether (sulfide) groups is 1. The lowest BCUT2D eigenvalue weighted by Gasteiger charge is -2.27. The van der Waals surface area contributed by atoms with Crippen molar-refractivity contribution in [1.29, 1.82) is 0 Å². The van der Waals surface area contributed by atoms with Crippen LogP contribution in [0.2, 0.25) is 0 Å². The molecule has 0 saturated carbocycles. The van der Waals surface area contributed by atoms with Crippen molar-refractivity contribution in [2.45, 2.75) is 6.42 Å². The lowest BCUT2D eigenvalue weighted by atomic mass is 10.1. The predicted molar refractivity (Wildman–Crippen MR) is 87.4 cm³/mol. The third kappa shape index (κ3) is 2.93. The molecule has 3 N–H and O–H groups in total. The molecule has 0 bridgehead atoms. The van der Waals surface area contributed by atoms with Crippen LogP contribution in [0.3, 0.4) is 0 Å². The van der Waals surface area contributed by atoms with Crippen molar-refractivity contribution in [3.8, 4) is 0 Å². The second-order valence-electron chi connectivity index (χ2n) is 4.95. The smallest absolute Gasteiger partial charge is 0.191 e. The quantitative estimate of drug-likeness (QED) is 0.671. The van der Waals surface area contributed by atoms with E-state index in [1.54, 1.807) is 0 Å². The number of aliphatic imine (C=N–C) groups is 1. The maximum Gasteiger partial charge on any atom is 0.191 e. The van der Waals surface area contributed by atoms with Gasteiger partial charge in [-0.2, -0.15) is 11.8 Å². The molecule has 2 aromatic rings. The number of para-hydroxylation sites is 1. The van der Waals surface area contributed by atoms with Crippen molar-refractivity contribution in [2.24, 2.45) is 10.7 Å². The first-order valence-corrected chi connectivity index (χ1v) is 8.17. The third-order valence-electron chi connectivity index (χ3n) is 3.66. The average molecular weight is 288 g/mol. The number of fused-ring (bicyclic) bond motifs is 1. The Morgan fingerprint density at radius 2 is 2.10 bits per heavy atom. The monoisotopic (exact) mass is 288 g/mol. The van der Waals surface area contributed by atoms with E-state index in [-0.39, 0.29) is 0 Å². The Kier molecular flexibility index (Phi) is 4.16. The van der Waals surface area contributed by atoms with Crippen LogP contribution < -0.4 is 5.73 Å². The van der Waals surface area contributed by atoms with E-state index in [0.29, 0.717) is 5.96 Å². The van der Waals surface area contributed by atoms with Crippen LogP contribution in [0.1, 0.15) is 5.56 Å². The molecule has 1 aliphatic heterocycles. The zero-order valence-electron chi connectivity index (χ0n) is 11.5. The number of H-pyrrole nitrogens is 1. The molecule has 0 amide bonds. The summed E-state index contributed by atoms with van der Waals surface area (Å²) in [5.41, 5.74) is 8.56. The number of hydrogen-bond acceptors (Lipinski definition) is 2. The molecule has 1 aromatic heterocycles. The van der Waals surface area contributed by atoms with Crippen molar-refractivity contribution >= 4 is 28.6 Å². The van der Waals surface area contributed by atoms with Gasteiger partial charge in [0.25, 0.3) is 0 Å². The molecule has 106 valence electrons. The maximum absolute atomic E-state index is 6.06. The van der Waals surface area contributed by atoms with E-state index in [2.05, 4.69) is 39.3 Å². The molecule has 1 fully saturated rings. The second kappa shape index (κ2) is 6.22. The van der Waals surface area contributed by atoms with Gasteiger partial charge in [-0.3, -0.25) is 4.99 Å². The zero-order chi connectivity index (χ0) is 13.8. The third-order valence-corrected chi connectivity index (χ3v) is 4.61. The van der Waals surface area contributed by atoms with Crippen LogP contribution in [-0.4, -0.2) is 47.0 Å². The van der Waals surface area contributed by atoms with E-state index < -0.39 is 0 Å². The van der Waals surface area contributed by atoms with Gasteiger partial charge in [0, 0.05) is 48.2 Å². The molecule has 0 radical (unpaired) electrons. The van der Waals surface area contributed by atoms with Crippen molar-refractivity contribution in [2.75, 3.05) is 31.1 Å². The summed E-state index contributed by atoms with van der Waals surface area (Å²) in [4.78, 5) is 10.0. The first kappa shape index (κ1) is 13.4. The van der Waals surface area contributed by atoms with E-state index in [0.717, 1.165) is 37.6 Å². The number of guanidine groups is 1. The van der Waals surface area contributed by atoms with E-state index in [4.69, 9.17) is 5.73 Å². The van der Waals surface area contributed by atoms with Gasteiger partial charge >= 0.3 is 0 Å². The number of nitrogens with two attached hydrogens (primary N) is 1. The SMILES string of the molecule is NC(=NCCc1c[nH]c2ccccc12)N1CCSCC1. The van der Waals surface area contributed by atoms with Gasteiger partial charge in [-0.25, -0.2) is 0 Å². The van der Waals surface area contributed by atoms with E-state index >= 15 is 0 Å². The summed E-state index contributed by atoms with van der Waals surface area (Å²) in [5, 5.41) is 1.29. The van der Waals surface area contributed by atoms with Crippen molar-refractivity contribution in [1.82, 2.24) is 9.88 Å². The first-order chi connectivity index (χ1) is 9.84. The Morgan fingerprint density at radius 1 is 1.30 bits per heavy atom. The van der Waals surface area contributed by atoms with Crippen molar-refractivity contribution < 1.29 is 0 Å². The van der Waals surface area contributed by atoms with Crippen LogP contribution >= 0.6 is 11.8 Å². The summed E-state index contributed by atoms with van der Waals surface area (Å²) in [6.45, 7) is 2.79. The topological polar surface area (TPSA) is 57.4 Å². The molecular formula is C15H20N4S. The Bertz CT molecular complexity index is 599. The highest BCUT2D eigenvalue weighted by Crippen LogP contribution is 2.18. The number of aromatic nitrogens is 1. The van der Waals surface area contributed by atoms with E-state index in [1.165, 1.54) is 16.5 Å². The molecule has 1 aromatic carbocycles. The number of rotatable bonds is 3. The van der Waals surface area contributed by atoms with E-state index in [1.807, 2.05) is 17.8 Å². The van der Waals surface area contributed by atoms with Gasteiger partial charge in [-0.15, -0.1) is 0 Å². The lowest BCUT2D eigenvalue weighted by molar-refractivity contribution is 0.456. The molecule has 5 heteroatoms. The highest BCUT2D eigenvalue weighted by Gasteiger charge is 2.11. The predicted octanol–water partition coefficient (Wildman–Crippen LogP) is 2.07. The molecule has 4 nitrogen and oxygen atoms in total. The van der Waals surface area contributed by atoms with Gasteiger partial charge < -0.3 is 15.6 Å². The largest absolute Gasteiger partial charge is 0.370 e. The molecule has 1 saturated heterocycles. The fraction of sp³-hybridized carbons (Fsp3) is 0.400. The van der Waals surface area contributed by atoms with Gasteiger partial charge in [0.05, 0.1) is 0 Å². The van der Waals surface area contributed by atoms with Gasteiger partial charge in [0.1, 0.15) is 0 Å². The average Bonchev–Trinajstić information content (AvgIpc) is 2.92. The van der Waals surface area contributed by atoms with Gasteiger partial charge in [-0.05, 0) is 18.1 Å². The lowest BCUT2D eigenvalue weighted by Crippen LogP contribution is -2.42. The summed E-state index contributed by atoms with van der Waals surface area (Å²) in [6.07, 6.45) is 3.00. The highest BCUT2D eigenvalue weighted by molar-refractivity contribution is 7.99. The molecule has 2 heterocycles. The molecule has 20 heavy (non-hydrogen) atoms. The van der Waals surface area contributed by atoms with Crippen LogP contribution in [0.15, 0.2) is 35.5 Å². The van der Waals surface area contributed by atoms with Crippen LogP contribution in [0.25, 0.3) is 10.9 Å². The maximum atomic E-state index is 6.06. The van der Waals surface area contributed by atoms with Gasteiger partial charge in [0.15, 0.2) is 5.96 Å². The van der Waals surface area contributed by atoms with Crippen molar-refractivity contribution in [3.63, 3.8) is 0 Å². The summed E-state index contributed by atoms with van der Waals surface area (Å²) >= 11 is 1.98. The summed E-state index contributed by atoms with van der Waals surface area (Å²) in [6, 6.07) is 8.37. The van der Waals surface area contributed by atoms with Gasteiger partial charge in [0.2, 0.25) is 0 Å². The summed E-state index contributed by atoms with van der Waals surface area (Å²) < 4.78 is 0. The van der Waals surface area contributed by atoms with Crippen LogP contribution in [0.4, 0.5) is 0 Å². The number of nitrogens with zero attached hydrogens (tertiary/aromatic N) is 2. The molecule has 1 aliphatic rings. The van der Waals surface area contributed by atoms with Crippen molar-refractivity contribution in [3.05, 3.63) is 36.0 Å². The fourth-order valence-electron chi connectivity index (χ4n) is 2.52. The molecular weight excluding hydrogens is 268 g/mol. The fourth-order valence-corrected chi connectivity index (χ4v) is 3.42.